The molecule has 0 radical (unpaired) electrons. The molecule has 0 aliphatic heterocycles. The normalized spacial score (nSPS) is 12.3. The Labute approximate surface area is 157 Å². The topological polar surface area (TPSA) is 66.4 Å². The minimum Gasteiger partial charge on any atom is -0.506 e. The fourth-order valence-electron chi connectivity index (χ4n) is 2.73. The van der Waals surface area contributed by atoms with Crippen LogP contribution in [0.4, 0.5) is 0 Å². The Balaban J connectivity index is 2.16. The molecule has 26 heavy (non-hydrogen) atoms. The summed E-state index contributed by atoms with van der Waals surface area (Å²) in [5, 5.41) is 13.8. The lowest BCUT2D eigenvalue weighted by Gasteiger charge is -2.22. The van der Waals surface area contributed by atoms with Gasteiger partial charge in [0.2, 0.25) is 0 Å². The molecule has 0 unspecified atom stereocenters. The summed E-state index contributed by atoms with van der Waals surface area (Å²) in [7, 11) is -3.49. The summed E-state index contributed by atoms with van der Waals surface area (Å²) >= 11 is 0. The molecule has 142 valence electrons. The molecule has 0 aliphatic carbocycles. The quantitative estimate of drug-likeness (QED) is 0.755. The van der Waals surface area contributed by atoms with E-state index in [0.29, 0.717) is 12.1 Å². The lowest BCUT2D eigenvalue weighted by Crippen LogP contribution is -2.19. The molecule has 2 aromatic carbocycles. The van der Waals surface area contributed by atoms with Crippen LogP contribution < -0.4 is 5.32 Å². The predicted octanol–water partition coefficient (Wildman–Crippen LogP) is 3.73. The molecule has 0 atom stereocenters. The first-order valence-electron chi connectivity index (χ1n) is 8.81. The van der Waals surface area contributed by atoms with E-state index in [9.17, 15) is 13.5 Å². The van der Waals surface area contributed by atoms with Crippen molar-refractivity contribution in [1.82, 2.24) is 5.32 Å². The highest BCUT2D eigenvalue weighted by Gasteiger charge is 2.22. The zero-order chi connectivity index (χ0) is 19.5. The molecular formula is C21H29NO3S. The first-order valence-corrected chi connectivity index (χ1v) is 10.7. The third-order valence-electron chi connectivity index (χ3n) is 4.45. The van der Waals surface area contributed by atoms with Crippen LogP contribution in [-0.2, 0) is 28.2 Å². The summed E-state index contributed by atoms with van der Waals surface area (Å²) < 4.78 is 24.1. The molecule has 0 fully saturated rings. The van der Waals surface area contributed by atoms with Crippen molar-refractivity contribution in [2.45, 2.75) is 51.0 Å². The Morgan fingerprint density at radius 2 is 1.69 bits per heavy atom. The number of nitrogens with one attached hydrogen (secondary N) is 1. The van der Waals surface area contributed by atoms with Crippen molar-refractivity contribution in [3.63, 3.8) is 0 Å². The lowest BCUT2D eigenvalue weighted by molar-refractivity contribution is 0.446. The summed E-state index contributed by atoms with van der Waals surface area (Å²) in [6.07, 6.45) is 2.00. The van der Waals surface area contributed by atoms with E-state index in [4.69, 9.17) is 0 Å². The van der Waals surface area contributed by atoms with Gasteiger partial charge in [0.1, 0.15) is 10.6 Å². The van der Waals surface area contributed by atoms with Crippen LogP contribution in [-0.4, -0.2) is 26.3 Å². The number of sulfone groups is 1. The van der Waals surface area contributed by atoms with Crippen molar-refractivity contribution in [3.05, 3.63) is 58.7 Å². The number of hydrogen-bond acceptors (Lipinski definition) is 4. The molecule has 0 amide bonds. The van der Waals surface area contributed by atoms with Gasteiger partial charge in [-0.15, -0.1) is 0 Å². The van der Waals surface area contributed by atoms with Gasteiger partial charge >= 0.3 is 0 Å². The Morgan fingerprint density at radius 1 is 1.08 bits per heavy atom. The maximum Gasteiger partial charge on any atom is 0.179 e. The van der Waals surface area contributed by atoms with Crippen LogP contribution in [0.5, 0.6) is 5.75 Å². The first kappa shape index (κ1) is 20.5. The van der Waals surface area contributed by atoms with Crippen LogP contribution in [0, 0.1) is 6.92 Å². The second-order valence-electron chi connectivity index (χ2n) is 7.92. The van der Waals surface area contributed by atoms with Crippen molar-refractivity contribution in [3.8, 4) is 5.75 Å². The Morgan fingerprint density at radius 3 is 2.23 bits per heavy atom. The minimum atomic E-state index is -3.49. The molecule has 0 saturated carbocycles. The van der Waals surface area contributed by atoms with Crippen molar-refractivity contribution in [2.75, 3.05) is 12.8 Å². The average molecular weight is 376 g/mol. The van der Waals surface area contributed by atoms with E-state index in [1.165, 1.54) is 11.1 Å². The molecule has 0 spiro atoms. The fourth-order valence-corrected chi connectivity index (χ4v) is 3.55. The smallest absolute Gasteiger partial charge is 0.179 e. The van der Waals surface area contributed by atoms with E-state index >= 15 is 0 Å². The lowest BCUT2D eigenvalue weighted by atomic mass is 9.86. The Hall–Kier alpha value is -1.85. The summed E-state index contributed by atoms with van der Waals surface area (Å²) in [5.74, 6) is -0.150. The molecule has 0 aromatic heterocycles. The molecule has 5 heteroatoms. The number of aryl methyl sites for hydroxylation is 1. The molecule has 0 heterocycles. The predicted molar refractivity (Wildman–Crippen MR) is 107 cm³/mol. The molecule has 0 aliphatic rings. The van der Waals surface area contributed by atoms with Crippen LogP contribution >= 0.6 is 0 Å². The summed E-state index contributed by atoms with van der Waals surface area (Å²) in [6, 6.07) is 11.9. The van der Waals surface area contributed by atoms with Gasteiger partial charge in [-0.2, -0.15) is 0 Å². The summed E-state index contributed by atoms with van der Waals surface area (Å²) in [4.78, 5) is 0.000240. The molecular weight excluding hydrogens is 346 g/mol. The highest BCUT2D eigenvalue weighted by atomic mass is 32.2. The number of phenolic OH excluding ortho intramolecular Hbond substituents is 1. The number of phenols is 1. The molecule has 0 saturated heterocycles. The van der Waals surface area contributed by atoms with Crippen molar-refractivity contribution >= 4 is 9.84 Å². The zero-order valence-corrected chi connectivity index (χ0v) is 17.1. The monoisotopic (exact) mass is 375 g/mol. The van der Waals surface area contributed by atoms with Gasteiger partial charge in [0.25, 0.3) is 0 Å². The van der Waals surface area contributed by atoms with Crippen molar-refractivity contribution < 1.29 is 13.5 Å². The summed E-state index contributed by atoms with van der Waals surface area (Å²) in [6.45, 7) is 9.31. The third kappa shape index (κ3) is 5.32. The summed E-state index contributed by atoms with van der Waals surface area (Å²) in [5.41, 5.74) is 3.78. The van der Waals surface area contributed by atoms with Gasteiger partial charge in [0.15, 0.2) is 9.84 Å². The van der Waals surface area contributed by atoms with Crippen LogP contribution in [0.1, 0.15) is 43.0 Å². The minimum absolute atomic E-state index is 0.000240. The maximum absolute atomic E-state index is 12.0. The molecule has 4 nitrogen and oxygen atoms in total. The first-order chi connectivity index (χ1) is 12.0. The van der Waals surface area contributed by atoms with E-state index in [1.54, 1.807) is 6.07 Å². The van der Waals surface area contributed by atoms with Gasteiger partial charge in [-0.3, -0.25) is 0 Å². The number of benzene rings is 2. The van der Waals surface area contributed by atoms with Gasteiger partial charge in [0.05, 0.1) is 0 Å². The SMILES string of the molecule is Cc1ccc(CCNCc2cc(C(C)(C)C)cc(S(C)(=O)=O)c2O)cc1. The Kier molecular flexibility index (Phi) is 6.14. The van der Waals surface area contributed by atoms with E-state index in [2.05, 4.69) is 36.5 Å². The average Bonchev–Trinajstić information content (AvgIpc) is 2.52. The molecule has 0 bridgehead atoms. The molecule has 2 aromatic rings. The Bertz CT molecular complexity index is 863. The largest absolute Gasteiger partial charge is 0.506 e. The highest BCUT2D eigenvalue weighted by molar-refractivity contribution is 7.90. The van der Waals surface area contributed by atoms with Gasteiger partial charge in [-0.1, -0.05) is 56.7 Å². The van der Waals surface area contributed by atoms with Crippen LogP contribution in [0.3, 0.4) is 0 Å². The standard InChI is InChI=1S/C21H29NO3S/c1-15-6-8-16(9-7-15)10-11-22-14-17-12-18(21(2,3)4)13-19(20(17)23)26(5,24)25/h6-9,12-13,22-23H,10-11,14H2,1-5H3. The van der Waals surface area contributed by atoms with E-state index < -0.39 is 9.84 Å². The van der Waals surface area contributed by atoms with Gasteiger partial charge in [-0.05, 0) is 42.5 Å². The second kappa shape index (κ2) is 7.80. The van der Waals surface area contributed by atoms with Crippen LogP contribution in [0.15, 0.2) is 41.3 Å². The van der Waals surface area contributed by atoms with Crippen LogP contribution in [0.2, 0.25) is 0 Å². The van der Waals surface area contributed by atoms with E-state index in [1.807, 2.05) is 26.8 Å². The van der Waals surface area contributed by atoms with Crippen molar-refractivity contribution in [2.24, 2.45) is 0 Å². The second-order valence-corrected chi connectivity index (χ2v) is 9.90. The third-order valence-corrected chi connectivity index (χ3v) is 5.56. The zero-order valence-electron chi connectivity index (χ0n) is 16.3. The van der Waals surface area contributed by atoms with Crippen LogP contribution in [0.25, 0.3) is 0 Å². The fraction of sp³-hybridized carbons (Fsp3) is 0.429. The number of rotatable bonds is 6. The maximum atomic E-state index is 12.0. The van der Waals surface area contributed by atoms with E-state index in [0.717, 1.165) is 24.8 Å². The molecule has 2 N–H and O–H groups in total. The molecule has 2 rings (SSSR count). The van der Waals surface area contributed by atoms with Gasteiger partial charge < -0.3 is 10.4 Å². The van der Waals surface area contributed by atoms with Crippen molar-refractivity contribution in [1.29, 1.82) is 0 Å². The van der Waals surface area contributed by atoms with Gasteiger partial charge in [-0.25, -0.2) is 8.42 Å². The van der Waals surface area contributed by atoms with E-state index in [-0.39, 0.29) is 16.1 Å². The highest BCUT2D eigenvalue weighted by Crippen LogP contribution is 2.33. The number of aromatic hydroxyl groups is 1. The number of hydrogen-bond donors (Lipinski definition) is 2. The van der Waals surface area contributed by atoms with Gasteiger partial charge in [0, 0.05) is 18.4 Å².